The van der Waals surface area contributed by atoms with Crippen molar-refractivity contribution in [3.8, 4) is 0 Å². The maximum absolute atomic E-state index is 13.4. The molecule has 0 bridgehead atoms. The molecule has 0 spiro atoms. The number of carboxylic acid groups (broad SMARTS) is 1. The van der Waals surface area contributed by atoms with Crippen LogP contribution in [-0.2, 0) is 24.0 Å². The lowest BCUT2D eigenvalue weighted by Gasteiger charge is -2.44. The van der Waals surface area contributed by atoms with Gasteiger partial charge in [-0.25, -0.2) is 4.79 Å². The van der Waals surface area contributed by atoms with Crippen LogP contribution in [0.1, 0.15) is 37.1 Å². The van der Waals surface area contributed by atoms with Crippen molar-refractivity contribution in [3.63, 3.8) is 0 Å². The van der Waals surface area contributed by atoms with Crippen molar-refractivity contribution in [3.05, 3.63) is 83.7 Å². The summed E-state index contributed by atoms with van der Waals surface area (Å²) >= 11 is 1.33. The van der Waals surface area contributed by atoms with Crippen molar-refractivity contribution in [1.29, 1.82) is 0 Å². The zero-order valence-electron chi connectivity index (χ0n) is 21.1. The number of aliphatic carboxylic acids is 1. The van der Waals surface area contributed by atoms with E-state index in [0.29, 0.717) is 11.1 Å². The van der Waals surface area contributed by atoms with Gasteiger partial charge in [-0.2, -0.15) is 0 Å². The predicted octanol–water partition coefficient (Wildman–Crippen LogP) is 0.778. The van der Waals surface area contributed by atoms with Crippen LogP contribution >= 0.6 is 11.8 Å². The number of amides is 4. The summed E-state index contributed by atoms with van der Waals surface area (Å²) in [6.07, 6.45) is 1.26. The van der Waals surface area contributed by atoms with Crippen molar-refractivity contribution in [2.75, 3.05) is 0 Å². The summed E-state index contributed by atoms with van der Waals surface area (Å²) in [5.41, 5.74) is 1.13. The molecule has 5 atom stereocenters. The molecule has 0 unspecified atom stereocenters. The lowest BCUT2D eigenvalue weighted by atomic mass is 9.95. The topological polar surface area (TPSA) is 157 Å². The summed E-state index contributed by atoms with van der Waals surface area (Å²) in [4.78, 5) is 64.8. The van der Waals surface area contributed by atoms with Crippen molar-refractivity contribution in [2.24, 2.45) is 0 Å². The molecule has 3 aliphatic heterocycles. The molecule has 3 aliphatic rings. The Kier molecular flexibility index (Phi) is 6.81. The number of piperazine rings is 1. The van der Waals surface area contributed by atoms with Crippen molar-refractivity contribution in [1.82, 2.24) is 26.2 Å². The SMILES string of the molecule is CC1(C)S[C@@H]2[C@H](NC(=O)[C@H](N/C=C3\NC(=O)[C@@H](c4ccccc4)NC3=O)c3ccccc3)C(=O)N2[C@H]1C(=O)O. The molecule has 5 N–H and O–H groups in total. The van der Waals surface area contributed by atoms with Gasteiger partial charge >= 0.3 is 5.97 Å². The third-order valence-corrected chi connectivity index (χ3v) is 8.51. The zero-order chi connectivity index (χ0) is 27.9. The van der Waals surface area contributed by atoms with E-state index < -0.39 is 63.9 Å². The summed E-state index contributed by atoms with van der Waals surface area (Å²) in [5, 5.41) is 20.0. The highest BCUT2D eigenvalue weighted by Gasteiger charge is 2.64. The van der Waals surface area contributed by atoms with Crippen LogP contribution in [0.25, 0.3) is 0 Å². The molecular formula is C27H27N5O6S. The third kappa shape index (κ3) is 4.83. The number of hydrogen-bond donors (Lipinski definition) is 5. The average molecular weight is 550 g/mol. The van der Waals surface area contributed by atoms with E-state index in [0.717, 1.165) is 0 Å². The van der Waals surface area contributed by atoms with E-state index in [4.69, 9.17) is 0 Å². The second kappa shape index (κ2) is 10.1. The van der Waals surface area contributed by atoms with E-state index in [2.05, 4.69) is 21.3 Å². The van der Waals surface area contributed by atoms with Crippen LogP contribution in [0.15, 0.2) is 72.6 Å². The molecule has 2 aromatic carbocycles. The predicted molar refractivity (Wildman–Crippen MR) is 142 cm³/mol. The minimum absolute atomic E-state index is 0.0656. The third-order valence-electron chi connectivity index (χ3n) is 6.94. The number of β-lactam (4-membered cyclic amide) rings is 1. The number of hydrogen-bond acceptors (Lipinski definition) is 7. The standard InChI is InChI=1S/C27H27N5O6S/c1-27(2)20(26(37)38)32-24(36)19(25(32)39-27)31-22(34)17(14-9-5-3-6-10-14)28-13-16-21(33)30-18(23(35)29-16)15-11-7-4-8-12-15/h3-13,17-20,25,28H,1-2H3,(H,29,35)(H,30,33)(H,31,34)(H,37,38)/b16-13-/t17-,18-,19-,20+,25-/m1/s1. The number of benzene rings is 2. The Bertz CT molecular complexity index is 1370. The molecule has 3 saturated heterocycles. The summed E-state index contributed by atoms with van der Waals surface area (Å²) < 4.78 is -0.725. The minimum Gasteiger partial charge on any atom is -0.480 e. The Labute approximate surface area is 228 Å². The van der Waals surface area contributed by atoms with Gasteiger partial charge in [0.25, 0.3) is 11.8 Å². The van der Waals surface area contributed by atoms with Gasteiger partial charge in [0.2, 0.25) is 11.8 Å². The van der Waals surface area contributed by atoms with Gasteiger partial charge in [0.15, 0.2) is 0 Å². The quantitative estimate of drug-likeness (QED) is 0.251. The molecule has 0 radical (unpaired) electrons. The Morgan fingerprint density at radius 1 is 1.05 bits per heavy atom. The van der Waals surface area contributed by atoms with Crippen molar-refractivity contribution in [2.45, 2.75) is 48.1 Å². The number of nitrogens with zero attached hydrogens (tertiary/aromatic N) is 1. The van der Waals surface area contributed by atoms with Gasteiger partial charge in [-0.1, -0.05) is 60.7 Å². The second-order valence-corrected chi connectivity index (χ2v) is 11.7. The highest BCUT2D eigenvalue weighted by molar-refractivity contribution is 8.01. The molecule has 39 heavy (non-hydrogen) atoms. The smallest absolute Gasteiger partial charge is 0.327 e. The molecule has 12 heteroatoms. The highest BCUT2D eigenvalue weighted by atomic mass is 32.2. The molecule has 5 rings (SSSR count). The maximum atomic E-state index is 13.4. The summed E-state index contributed by atoms with van der Waals surface area (Å²) in [6.45, 7) is 3.51. The Balaban J connectivity index is 1.32. The van der Waals surface area contributed by atoms with Gasteiger partial charge in [-0.15, -0.1) is 11.8 Å². The van der Waals surface area contributed by atoms with Gasteiger partial charge in [0.1, 0.15) is 35.2 Å². The van der Waals surface area contributed by atoms with Gasteiger partial charge in [0, 0.05) is 10.9 Å². The fourth-order valence-electron chi connectivity index (χ4n) is 5.04. The Morgan fingerprint density at radius 3 is 2.33 bits per heavy atom. The number of carbonyl (C=O) groups excluding carboxylic acids is 4. The summed E-state index contributed by atoms with van der Waals surface area (Å²) in [6, 6.07) is 13.8. The van der Waals surface area contributed by atoms with E-state index >= 15 is 0 Å². The first-order chi connectivity index (χ1) is 18.6. The Hall–Kier alpha value is -4.32. The summed E-state index contributed by atoms with van der Waals surface area (Å²) in [7, 11) is 0. The number of carboxylic acids is 1. The molecule has 11 nitrogen and oxygen atoms in total. The highest BCUT2D eigenvalue weighted by Crippen LogP contribution is 2.50. The van der Waals surface area contributed by atoms with Gasteiger partial charge in [0.05, 0.1) is 0 Å². The van der Waals surface area contributed by atoms with E-state index in [1.54, 1.807) is 68.4 Å². The number of carbonyl (C=O) groups is 5. The first-order valence-electron chi connectivity index (χ1n) is 12.3. The van der Waals surface area contributed by atoms with Crippen LogP contribution < -0.4 is 21.3 Å². The summed E-state index contributed by atoms with van der Waals surface area (Å²) in [5.74, 6) is -3.06. The lowest BCUT2D eigenvalue weighted by molar-refractivity contribution is -0.161. The number of fused-ring (bicyclic) bond motifs is 1. The second-order valence-electron chi connectivity index (χ2n) is 9.96. The molecule has 4 amide bonds. The first-order valence-corrected chi connectivity index (χ1v) is 13.2. The van der Waals surface area contributed by atoms with Gasteiger partial charge in [-0.3, -0.25) is 19.2 Å². The maximum Gasteiger partial charge on any atom is 0.327 e. The van der Waals surface area contributed by atoms with Crippen LogP contribution in [0.4, 0.5) is 0 Å². The van der Waals surface area contributed by atoms with E-state index in [9.17, 15) is 29.1 Å². The lowest BCUT2D eigenvalue weighted by Crippen LogP contribution is -2.71. The monoisotopic (exact) mass is 549 g/mol. The van der Waals surface area contributed by atoms with Gasteiger partial charge in [-0.05, 0) is 25.0 Å². The largest absolute Gasteiger partial charge is 0.480 e. The molecule has 0 aromatic heterocycles. The molecular weight excluding hydrogens is 522 g/mol. The number of thioether (sulfide) groups is 1. The Morgan fingerprint density at radius 2 is 1.69 bits per heavy atom. The minimum atomic E-state index is -1.09. The van der Waals surface area contributed by atoms with Crippen LogP contribution in [0, 0.1) is 0 Å². The molecule has 2 aromatic rings. The number of rotatable bonds is 7. The zero-order valence-corrected chi connectivity index (χ0v) is 21.9. The normalized spacial score (nSPS) is 27.1. The van der Waals surface area contributed by atoms with E-state index in [1.807, 2.05) is 6.07 Å². The molecule has 3 heterocycles. The van der Waals surface area contributed by atoms with E-state index in [1.165, 1.54) is 22.9 Å². The molecule has 0 saturated carbocycles. The van der Waals surface area contributed by atoms with Crippen molar-refractivity contribution >= 4 is 41.4 Å². The van der Waals surface area contributed by atoms with Crippen LogP contribution in [-0.4, -0.2) is 61.8 Å². The van der Waals surface area contributed by atoms with Gasteiger partial charge < -0.3 is 31.3 Å². The average Bonchev–Trinajstić information content (AvgIpc) is 3.18. The molecule has 202 valence electrons. The van der Waals surface area contributed by atoms with Crippen LogP contribution in [0.2, 0.25) is 0 Å². The molecule has 0 aliphatic carbocycles. The fraction of sp³-hybridized carbons (Fsp3) is 0.296. The van der Waals surface area contributed by atoms with Crippen LogP contribution in [0.5, 0.6) is 0 Å². The first kappa shape index (κ1) is 26.3. The molecule has 3 fully saturated rings. The fourth-order valence-corrected chi connectivity index (χ4v) is 6.66. The van der Waals surface area contributed by atoms with Crippen LogP contribution in [0.3, 0.4) is 0 Å². The van der Waals surface area contributed by atoms with E-state index in [-0.39, 0.29) is 5.70 Å². The number of nitrogens with one attached hydrogen (secondary N) is 4. The van der Waals surface area contributed by atoms with Crippen molar-refractivity contribution < 1.29 is 29.1 Å².